The van der Waals surface area contributed by atoms with Crippen molar-refractivity contribution in [3.8, 4) is 11.4 Å². The largest absolute Gasteiger partial charge is 0.497 e. The Morgan fingerprint density at radius 3 is 2.69 bits per heavy atom. The van der Waals surface area contributed by atoms with Gasteiger partial charge in [-0.3, -0.25) is 9.36 Å². The Kier molecular flexibility index (Phi) is 5.55. The van der Waals surface area contributed by atoms with Crippen LogP contribution < -0.4 is 4.74 Å². The van der Waals surface area contributed by atoms with E-state index in [2.05, 4.69) is 10.1 Å². The molecule has 1 atom stereocenters. The molecule has 0 saturated carbocycles. The minimum atomic E-state index is -0.306. The van der Waals surface area contributed by atoms with Crippen molar-refractivity contribution in [2.75, 3.05) is 12.9 Å². The van der Waals surface area contributed by atoms with Gasteiger partial charge in [0, 0.05) is 24.5 Å². The summed E-state index contributed by atoms with van der Waals surface area (Å²) in [6, 6.07) is 14.7. The third-order valence-corrected chi connectivity index (χ3v) is 6.08. The molecule has 0 fully saturated rings. The fourth-order valence-corrected chi connectivity index (χ4v) is 4.39. The predicted octanol–water partition coefficient (Wildman–Crippen LogP) is 4.54. The summed E-state index contributed by atoms with van der Waals surface area (Å²) in [7, 11) is 1.63. The third kappa shape index (κ3) is 3.94. The van der Waals surface area contributed by atoms with Crippen LogP contribution in [0.25, 0.3) is 5.69 Å². The molecule has 9 heteroatoms. The van der Waals surface area contributed by atoms with Crippen molar-refractivity contribution in [2.24, 2.45) is 5.10 Å². The number of hydrogen-bond acceptors (Lipinski definition) is 7. The molecule has 1 unspecified atom stereocenters. The van der Waals surface area contributed by atoms with Gasteiger partial charge in [-0.15, -0.1) is 0 Å². The lowest BCUT2D eigenvalue weighted by atomic mass is 10.1. The Labute approximate surface area is 188 Å². The normalized spacial score (nSPS) is 15.7. The summed E-state index contributed by atoms with van der Waals surface area (Å²) in [4.78, 5) is 17.6. The summed E-state index contributed by atoms with van der Waals surface area (Å²) in [5.41, 5.74) is 1.65. The number of hydrogen-bond donors (Lipinski definition) is 0. The molecule has 32 heavy (non-hydrogen) atoms. The first kappa shape index (κ1) is 20.2. The molecule has 0 aliphatic carbocycles. The Balaban J connectivity index is 1.33. The highest BCUT2D eigenvalue weighted by atomic mass is 32.2. The van der Waals surface area contributed by atoms with E-state index >= 15 is 0 Å². The van der Waals surface area contributed by atoms with Crippen LogP contribution >= 0.6 is 11.8 Å². The lowest BCUT2D eigenvalue weighted by Gasteiger charge is -2.19. The fraction of sp³-hybridized carbons (Fsp3) is 0.174. The van der Waals surface area contributed by atoms with Crippen molar-refractivity contribution in [1.29, 1.82) is 0 Å². The van der Waals surface area contributed by atoms with Crippen molar-refractivity contribution in [2.45, 2.75) is 17.6 Å². The number of furan rings is 2. The number of thioether (sulfide) groups is 1. The van der Waals surface area contributed by atoms with Crippen LogP contribution in [0.2, 0.25) is 0 Å². The second-order valence-corrected chi connectivity index (χ2v) is 8.01. The average Bonchev–Trinajstić information content (AvgIpc) is 3.63. The quantitative estimate of drug-likeness (QED) is 0.386. The Morgan fingerprint density at radius 1 is 1.16 bits per heavy atom. The lowest BCUT2D eigenvalue weighted by molar-refractivity contribution is -0.130. The standard InChI is InChI=1S/C23H20N4O4S/c1-29-17-8-6-16(7-9-17)26-11-10-24-23(26)32-15-22(28)27-19(21-5-3-13-31-21)14-18(25-27)20-4-2-12-30-20/h2-13,19H,14-15H2,1H3. The van der Waals surface area contributed by atoms with Crippen molar-refractivity contribution in [3.05, 3.63) is 85.0 Å². The molecule has 8 nitrogen and oxygen atoms in total. The highest BCUT2D eigenvalue weighted by molar-refractivity contribution is 7.99. The van der Waals surface area contributed by atoms with E-state index < -0.39 is 0 Å². The van der Waals surface area contributed by atoms with E-state index in [0.29, 0.717) is 23.1 Å². The molecular weight excluding hydrogens is 428 g/mol. The van der Waals surface area contributed by atoms with Gasteiger partial charge in [0.15, 0.2) is 5.16 Å². The molecule has 0 radical (unpaired) electrons. The van der Waals surface area contributed by atoms with E-state index in [1.807, 2.05) is 53.2 Å². The number of amides is 1. The number of imidazole rings is 1. The van der Waals surface area contributed by atoms with Gasteiger partial charge in [0.2, 0.25) is 0 Å². The van der Waals surface area contributed by atoms with Gasteiger partial charge in [0.05, 0.1) is 25.4 Å². The number of ether oxygens (including phenoxy) is 1. The molecule has 5 rings (SSSR count). The molecule has 1 aliphatic heterocycles. The van der Waals surface area contributed by atoms with Crippen molar-refractivity contribution in [3.63, 3.8) is 0 Å². The smallest absolute Gasteiger partial charge is 0.253 e. The number of benzene rings is 1. The van der Waals surface area contributed by atoms with E-state index in [9.17, 15) is 4.79 Å². The minimum absolute atomic E-state index is 0.137. The van der Waals surface area contributed by atoms with E-state index in [-0.39, 0.29) is 17.7 Å². The number of carbonyl (C=O) groups excluding carboxylic acids is 1. The molecule has 0 N–H and O–H groups in total. The summed E-state index contributed by atoms with van der Waals surface area (Å²) in [6.07, 6.45) is 7.30. The number of rotatable bonds is 7. The van der Waals surface area contributed by atoms with Gasteiger partial charge in [-0.25, -0.2) is 9.99 Å². The van der Waals surface area contributed by atoms with Crippen molar-refractivity contribution in [1.82, 2.24) is 14.6 Å². The molecule has 1 aliphatic rings. The van der Waals surface area contributed by atoms with E-state index in [4.69, 9.17) is 13.6 Å². The van der Waals surface area contributed by atoms with Gasteiger partial charge in [-0.05, 0) is 48.5 Å². The highest BCUT2D eigenvalue weighted by Crippen LogP contribution is 2.34. The van der Waals surface area contributed by atoms with Gasteiger partial charge in [0.1, 0.15) is 29.0 Å². The zero-order valence-corrected chi connectivity index (χ0v) is 18.1. The first-order chi connectivity index (χ1) is 15.7. The molecule has 3 aromatic heterocycles. The van der Waals surface area contributed by atoms with Gasteiger partial charge in [0.25, 0.3) is 5.91 Å². The zero-order valence-electron chi connectivity index (χ0n) is 17.2. The predicted molar refractivity (Wildman–Crippen MR) is 119 cm³/mol. The maximum absolute atomic E-state index is 13.2. The number of aromatic nitrogens is 2. The van der Waals surface area contributed by atoms with Crippen LogP contribution in [0.4, 0.5) is 0 Å². The minimum Gasteiger partial charge on any atom is -0.497 e. The first-order valence-electron chi connectivity index (χ1n) is 10.0. The molecule has 1 aromatic carbocycles. The van der Waals surface area contributed by atoms with Crippen molar-refractivity contribution < 1.29 is 18.4 Å². The van der Waals surface area contributed by atoms with Gasteiger partial charge in [-0.2, -0.15) is 5.10 Å². The van der Waals surface area contributed by atoms with Gasteiger partial charge >= 0.3 is 0 Å². The number of hydrazone groups is 1. The monoisotopic (exact) mass is 448 g/mol. The molecule has 1 amide bonds. The van der Waals surface area contributed by atoms with Crippen LogP contribution in [0.3, 0.4) is 0 Å². The molecular formula is C23H20N4O4S. The molecule has 4 heterocycles. The third-order valence-electron chi connectivity index (χ3n) is 5.13. The van der Waals surface area contributed by atoms with E-state index in [1.54, 1.807) is 31.9 Å². The maximum Gasteiger partial charge on any atom is 0.253 e. The average molecular weight is 449 g/mol. The van der Waals surface area contributed by atoms with Crippen LogP contribution in [-0.4, -0.2) is 39.0 Å². The topological polar surface area (TPSA) is 86.0 Å². The summed E-state index contributed by atoms with van der Waals surface area (Å²) in [5, 5.41) is 6.77. The number of nitrogens with zero attached hydrogens (tertiary/aromatic N) is 4. The van der Waals surface area contributed by atoms with Crippen LogP contribution in [-0.2, 0) is 4.79 Å². The summed E-state index contributed by atoms with van der Waals surface area (Å²) < 4.78 is 18.2. The molecule has 0 bridgehead atoms. The molecule has 0 saturated heterocycles. The molecule has 162 valence electrons. The molecule has 4 aromatic rings. The van der Waals surface area contributed by atoms with E-state index in [0.717, 1.165) is 17.1 Å². The van der Waals surface area contributed by atoms with Crippen LogP contribution in [0.15, 0.2) is 92.5 Å². The summed E-state index contributed by atoms with van der Waals surface area (Å²) in [5.74, 6) is 2.16. The van der Waals surface area contributed by atoms with Gasteiger partial charge in [-0.1, -0.05) is 11.8 Å². The Morgan fingerprint density at radius 2 is 1.97 bits per heavy atom. The number of methoxy groups -OCH3 is 1. The number of carbonyl (C=O) groups is 1. The van der Waals surface area contributed by atoms with Crippen molar-refractivity contribution >= 4 is 23.4 Å². The lowest BCUT2D eigenvalue weighted by Crippen LogP contribution is -2.28. The SMILES string of the molecule is COc1ccc(-n2ccnc2SCC(=O)N2N=C(c3ccco3)CC2c2ccco2)cc1. The van der Waals surface area contributed by atoms with Crippen LogP contribution in [0.1, 0.15) is 24.0 Å². The Hall–Kier alpha value is -3.72. The first-order valence-corrected chi connectivity index (χ1v) is 11.0. The maximum atomic E-state index is 13.2. The van der Waals surface area contributed by atoms with Gasteiger partial charge < -0.3 is 13.6 Å². The highest BCUT2D eigenvalue weighted by Gasteiger charge is 2.35. The molecule has 0 spiro atoms. The summed E-state index contributed by atoms with van der Waals surface area (Å²) >= 11 is 1.36. The fourth-order valence-electron chi connectivity index (χ4n) is 3.56. The summed E-state index contributed by atoms with van der Waals surface area (Å²) in [6.45, 7) is 0. The second-order valence-electron chi connectivity index (χ2n) is 7.06. The Bertz CT molecular complexity index is 1210. The van der Waals surface area contributed by atoms with Crippen LogP contribution in [0.5, 0.6) is 5.75 Å². The van der Waals surface area contributed by atoms with Crippen LogP contribution in [0, 0.1) is 0 Å². The zero-order chi connectivity index (χ0) is 21.9. The van der Waals surface area contributed by atoms with E-state index in [1.165, 1.54) is 16.8 Å². The second kappa shape index (κ2) is 8.80.